The smallest absolute Gasteiger partial charge is 0.264 e. The lowest BCUT2D eigenvalue weighted by molar-refractivity contribution is 0.0306. The second-order valence-corrected chi connectivity index (χ2v) is 7.88. The molecule has 2 aliphatic heterocycles. The summed E-state index contributed by atoms with van der Waals surface area (Å²) in [7, 11) is 1.43. The SMILES string of the molecule is COc1cc2c(c(C=O)c1O)OCC(c1ccc(C(=O)N3CCOCC3)s1)=C2C. The minimum absolute atomic E-state index is 0.00904. The van der Waals surface area contributed by atoms with Gasteiger partial charge in [0.25, 0.3) is 5.91 Å². The molecule has 1 fully saturated rings. The number of nitrogens with zero attached hydrogens (tertiary/aromatic N) is 1. The molecule has 1 saturated heterocycles. The summed E-state index contributed by atoms with van der Waals surface area (Å²) in [6.45, 7) is 4.51. The molecule has 2 aromatic rings. The fraction of sp³-hybridized carbons (Fsp3) is 0.333. The Morgan fingerprint density at radius 3 is 2.76 bits per heavy atom. The number of ether oxygens (including phenoxy) is 3. The highest BCUT2D eigenvalue weighted by Gasteiger charge is 2.27. The Bertz CT molecular complexity index is 1000. The van der Waals surface area contributed by atoms with Crippen LogP contribution in [0.5, 0.6) is 17.2 Å². The van der Waals surface area contributed by atoms with Crippen LogP contribution in [0.2, 0.25) is 0 Å². The van der Waals surface area contributed by atoms with E-state index < -0.39 is 0 Å². The molecule has 0 unspecified atom stereocenters. The molecule has 0 atom stereocenters. The van der Waals surface area contributed by atoms with Gasteiger partial charge < -0.3 is 24.2 Å². The molecule has 3 heterocycles. The molecule has 1 N–H and O–H groups in total. The summed E-state index contributed by atoms with van der Waals surface area (Å²) in [6.07, 6.45) is 0.569. The molecule has 0 spiro atoms. The van der Waals surface area contributed by atoms with Gasteiger partial charge in [0.15, 0.2) is 17.8 Å². The minimum Gasteiger partial charge on any atom is -0.504 e. The van der Waals surface area contributed by atoms with Crippen LogP contribution in [0, 0.1) is 0 Å². The normalized spacial score (nSPS) is 16.3. The minimum atomic E-state index is -0.230. The second kappa shape index (κ2) is 7.88. The lowest BCUT2D eigenvalue weighted by Crippen LogP contribution is -2.40. The summed E-state index contributed by atoms with van der Waals surface area (Å²) in [5, 5.41) is 10.2. The quantitative estimate of drug-likeness (QED) is 0.773. The van der Waals surface area contributed by atoms with E-state index in [0.717, 1.165) is 16.0 Å². The molecule has 2 aliphatic rings. The summed E-state index contributed by atoms with van der Waals surface area (Å²) in [6, 6.07) is 5.42. The van der Waals surface area contributed by atoms with Gasteiger partial charge in [0.1, 0.15) is 17.9 Å². The maximum atomic E-state index is 12.7. The molecule has 0 saturated carbocycles. The summed E-state index contributed by atoms with van der Waals surface area (Å²) in [5.74, 6) is 0.340. The molecule has 0 radical (unpaired) electrons. The van der Waals surface area contributed by atoms with E-state index in [1.54, 1.807) is 11.0 Å². The third-order valence-electron chi connectivity index (χ3n) is 5.22. The van der Waals surface area contributed by atoms with Crippen molar-refractivity contribution in [2.75, 3.05) is 40.0 Å². The maximum absolute atomic E-state index is 12.7. The van der Waals surface area contributed by atoms with Crippen LogP contribution in [0.4, 0.5) is 0 Å². The number of amides is 1. The van der Waals surface area contributed by atoms with Crippen molar-refractivity contribution in [2.24, 2.45) is 0 Å². The van der Waals surface area contributed by atoms with E-state index in [0.29, 0.717) is 48.8 Å². The number of carbonyl (C=O) groups is 2. The van der Waals surface area contributed by atoms with Crippen LogP contribution in [0.1, 0.15) is 37.4 Å². The van der Waals surface area contributed by atoms with E-state index >= 15 is 0 Å². The van der Waals surface area contributed by atoms with Crippen molar-refractivity contribution in [2.45, 2.75) is 6.92 Å². The number of aromatic hydroxyl groups is 1. The van der Waals surface area contributed by atoms with Crippen molar-refractivity contribution in [1.82, 2.24) is 4.90 Å². The number of carbonyl (C=O) groups excluding carboxylic acids is 2. The number of morpholine rings is 1. The van der Waals surface area contributed by atoms with Crippen molar-refractivity contribution in [3.05, 3.63) is 39.1 Å². The van der Waals surface area contributed by atoms with Crippen LogP contribution < -0.4 is 9.47 Å². The van der Waals surface area contributed by atoms with Crippen LogP contribution in [-0.4, -0.2) is 62.2 Å². The molecular formula is C21H21NO6S. The Kier molecular flexibility index (Phi) is 5.29. The van der Waals surface area contributed by atoms with Gasteiger partial charge in [0.2, 0.25) is 0 Å². The molecule has 4 rings (SSSR count). The topological polar surface area (TPSA) is 85.3 Å². The number of thiophene rings is 1. The van der Waals surface area contributed by atoms with Gasteiger partial charge in [-0.05, 0) is 30.7 Å². The van der Waals surface area contributed by atoms with Crippen LogP contribution in [0.3, 0.4) is 0 Å². The number of phenolic OH excluding ortho intramolecular Hbond substituents is 1. The first-order chi connectivity index (χ1) is 14.0. The van der Waals surface area contributed by atoms with Crippen LogP contribution in [0.25, 0.3) is 11.1 Å². The Labute approximate surface area is 172 Å². The Morgan fingerprint density at radius 1 is 1.31 bits per heavy atom. The highest BCUT2D eigenvalue weighted by molar-refractivity contribution is 7.15. The van der Waals surface area contributed by atoms with E-state index in [-0.39, 0.29) is 29.6 Å². The number of hydrogen-bond donors (Lipinski definition) is 1. The maximum Gasteiger partial charge on any atom is 0.264 e. The van der Waals surface area contributed by atoms with Gasteiger partial charge in [-0.1, -0.05) is 0 Å². The zero-order valence-corrected chi connectivity index (χ0v) is 17.0. The number of rotatable bonds is 4. The highest BCUT2D eigenvalue weighted by Crippen LogP contribution is 2.46. The molecule has 29 heavy (non-hydrogen) atoms. The average Bonchev–Trinajstić information content (AvgIpc) is 3.24. The number of hydrogen-bond acceptors (Lipinski definition) is 7. The number of benzene rings is 1. The third kappa shape index (κ3) is 3.38. The number of phenols is 1. The van der Waals surface area contributed by atoms with Gasteiger partial charge in [-0.15, -0.1) is 11.3 Å². The standard InChI is InChI=1S/C21H21NO6S/c1-12-13-9-16(26-2)19(24)14(10-23)20(13)28-11-15(12)17-3-4-18(29-17)21(25)22-5-7-27-8-6-22/h3-4,9-10,24H,5-8,11H2,1-2H3. The molecule has 7 nitrogen and oxygen atoms in total. The van der Waals surface area contributed by atoms with Crippen molar-refractivity contribution in [3.8, 4) is 17.2 Å². The first-order valence-electron chi connectivity index (χ1n) is 9.24. The first kappa shape index (κ1) is 19.5. The highest BCUT2D eigenvalue weighted by atomic mass is 32.1. The van der Waals surface area contributed by atoms with Crippen molar-refractivity contribution < 1.29 is 28.9 Å². The predicted octanol–water partition coefficient (Wildman–Crippen LogP) is 3.07. The predicted molar refractivity (Wildman–Crippen MR) is 109 cm³/mol. The van der Waals surface area contributed by atoms with E-state index in [1.807, 2.05) is 19.1 Å². The third-order valence-corrected chi connectivity index (χ3v) is 6.35. The Balaban J connectivity index is 1.70. The monoisotopic (exact) mass is 415 g/mol. The summed E-state index contributed by atoms with van der Waals surface area (Å²) in [5.41, 5.74) is 2.62. The van der Waals surface area contributed by atoms with Crippen LogP contribution in [0.15, 0.2) is 18.2 Å². The van der Waals surface area contributed by atoms with E-state index in [1.165, 1.54) is 18.4 Å². The van der Waals surface area contributed by atoms with Crippen molar-refractivity contribution in [3.63, 3.8) is 0 Å². The number of aldehydes is 1. The molecule has 8 heteroatoms. The fourth-order valence-electron chi connectivity index (χ4n) is 3.56. The van der Waals surface area contributed by atoms with Crippen LogP contribution >= 0.6 is 11.3 Å². The largest absolute Gasteiger partial charge is 0.504 e. The Hall–Kier alpha value is -2.84. The number of allylic oxidation sites excluding steroid dienone is 1. The average molecular weight is 415 g/mol. The summed E-state index contributed by atoms with van der Waals surface area (Å²) in [4.78, 5) is 27.6. The molecule has 152 valence electrons. The molecule has 1 aromatic heterocycles. The van der Waals surface area contributed by atoms with Gasteiger partial charge in [-0.2, -0.15) is 0 Å². The van der Waals surface area contributed by atoms with E-state index in [9.17, 15) is 14.7 Å². The number of methoxy groups -OCH3 is 1. The van der Waals surface area contributed by atoms with Gasteiger partial charge in [-0.3, -0.25) is 9.59 Å². The van der Waals surface area contributed by atoms with Gasteiger partial charge >= 0.3 is 0 Å². The second-order valence-electron chi connectivity index (χ2n) is 6.80. The lowest BCUT2D eigenvalue weighted by atomic mass is 9.94. The molecule has 0 aliphatic carbocycles. The molecule has 0 bridgehead atoms. The zero-order chi connectivity index (χ0) is 20.5. The summed E-state index contributed by atoms with van der Waals surface area (Å²) < 4.78 is 16.4. The van der Waals surface area contributed by atoms with Gasteiger partial charge in [0.05, 0.1) is 25.2 Å². The lowest BCUT2D eigenvalue weighted by Gasteiger charge is -2.26. The van der Waals surface area contributed by atoms with Gasteiger partial charge in [-0.25, -0.2) is 0 Å². The first-order valence-corrected chi connectivity index (χ1v) is 10.1. The molecular weight excluding hydrogens is 394 g/mol. The molecule has 1 amide bonds. The zero-order valence-electron chi connectivity index (χ0n) is 16.2. The van der Waals surface area contributed by atoms with Gasteiger partial charge in [0, 0.05) is 29.1 Å². The molecule has 1 aromatic carbocycles. The Morgan fingerprint density at radius 2 is 2.07 bits per heavy atom. The summed E-state index contributed by atoms with van der Waals surface area (Å²) >= 11 is 1.42. The van der Waals surface area contributed by atoms with Crippen LogP contribution in [-0.2, 0) is 4.74 Å². The van der Waals surface area contributed by atoms with E-state index in [4.69, 9.17) is 14.2 Å². The number of fused-ring (bicyclic) bond motifs is 1. The van der Waals surface area contributed by atoms with Crippen molar-refractivity contribution in [1.29, 1.82) is 0 Å². The van der Waals surface area contributed by atoms with Crippen molar-refractivity contribution >= 4 is 34.7 Å². The fourth-order valence-corrected chi connectivity index (χ4v) is 4.62. The van der Waals surface area contributed by atoms with E-state index in [2.05, 4.69) is 0 Å².